The largest absolute Gasteiger partial charge is 0.497 e. The van der Waals surface area contributed by atoms with Crippen molar-refractivity contribution in [1.82, 2.24) is 15.1 Å². The molecule has 0 aromatic heterocycles. The fourth-order valence-electron chi connectivity index (χ4n) is 3.74. The summed E-state index contributed by atoms with van der Waals surface area (Å²) in [5.41, 5.74) is 3.68. The first-order valence-electron chi connectivity index (χ1n) is 10.6. The topological polar surface area (TPSA) is 73.9 Å². The lowest BCUT2D eigenvalue weighted by Crippen LogP contribution is -2.49. The molecule has 0 spiro atoms. The van der Waals surface area contributed by atoms with Gasteiger partial charge in [0.1, 0.15) is 5.75 Å². The Labute approximate surface area is 184 Å². The van der Waals surface area contributed by atoms with E-state index in [2.05, 4.69) is 27.5 Å². The van der Waals surface area contributed by atoms with Crippen LogP contribution in [0, 0.1) is 13.8 Å². The molecule has 166 valence electrons. The Morgan fingerprint density at radius 2 is 1.68 bits per heavy atom. The number of likely N-dealkylation sites (N-methyl/N-ethyl adjacent to an activating group) is 1. The minimum Gasteiger partial charge on any atom is -0.497 e. The van der Waals surface area contributed by atoms with Crippen LogP contribution in [0.2, 0.25) is 0 Å². The molecule has 0 saturated carbocycles. The van der Waals surface area contributed by atoms with Crippen LogP contribution in [-0.4, -0.2) is 68.5 Å². The van der Waals surface area contributed by atoms with Crippen LogP contribution in [0.5, 0.6) is 5.75 Å². The Hall–Kier alpha value is -2.90. The third-order valence-corrected chi connectivity index (χ3v) is 5.78. The van der Waals surface area contributed by atoms with Crippen LogP contribution in [0.4, 0.5) is 5.69 Å². The zero-order chi connectivity index (χ0) is 22.4. The number of aryl methyl sites for hydroxylation is 2. The molecule has 0 aliphatic carbocycles. The van der Waals surface area contributed by atoms with Crippen molar-refractivity contribution < 1.29 is 14.3 Å². The van der Waals surface area contributed by atoms with Crippen molar-refractivity contribution in [2.24, 2.45) is 0 Å². The van der Waals surface area contributed by atoms with Crippen molar-refractivity contribution in [1.29, 1.82) is 0 Å². The SMILES string of the molecule is COc1ccc([C@H](CNC(=O)C(=O)Nc2cc(C)ccc2C)N2CCN(C)CC2)cc1. The highest BCUT2D eigenvalue weighted by Crippen LogP contribution is 2.24. The zero-order valence-electron chi connectivity index (χ0n) is 18.8. The fraction of sp³-hybridized carbons (Fsp3) is 0.417. The van der Waals surface area contributed by atoms with E-state index in [1.165, 1.54) is 0 Å². The van der Waals surface area contributed by atoms with Gasteiger partial charge < -0.3 is 20.3 Å². The minimum atomic E-state index is -0.652. The normalized spacial score (nSPS) is 15.9. The smallest absolute Gasteiger partial charge is 0.313 e. The van der Waals surface area contributed by atoms with E-state index in [0.717, 1.165) is 48.6 Å². The maximum Gasteiger partial charge on any atom is 0.313 e. The Morgan fingerprint density at radius 1 is 1.00 bits per heavy atom. The van der Waals surface area contributed by atoms with E-state index in [9.17, 15) is 9.59 Å². The number of hydrogen-bond acceptors (Lipinski definition) is 5. The lowest BCUT2D eigenvalue weighted by Gasteiger charge is -2.38. The maximum absolute atomic E-state index is 12.5. The predicted molar refractivity (Wildman–Crippen MR) is 122 cm³/mol. The number of carbonyl (C=O) groups excluding carboxylic acids is 2. The van der Waals surface area contributed by atoms with Crippen molar-refractivity contribution in [3.63, 3.8) is 0 Å². The summed E-state index contributed by atoms with van der Waals surface area (Å²) in [5, 5.41) is 5.56. The van der Waals surface area contributed by atoms with Crippen molar-refractivity contribution in [3.05, 3.63) is 59.2 Å². The van der Waals surface area contributed by atoms with Gasteiger partial charge in [-0.05, 0) is 55.8 Å². The Bertz CT molecular complexity index is 906. The van der Waals surface area contributed by atoms with Crippen LogP contribution >= 0.6 is 0 Å². The van der Waals surface area contributed by atoms with Crippen LogP contribution in [0.1, 0.15) is 22.7 Å². The summed E-state index contributed by atoms with van der Waals surface area (Å²) in [6, 6.07) is 13.6. The molecule has 1 aliphatic rings. The monoisotopic (exact) mass is 424 g/mol. The highest BCUT2D eigenvalue weighted by Gasteiger charge is 2.25. The molecule has 2 aromatic carbocycles. The summed E-state index contributed by atoms with van der Waals surface area (Å²) < 4.78 is 5.27. The van der Waals surface area contributed by atoms with Crippen LogP contribution in [-0.2, 0) is 9.59 Å². The third-order valence-electron chi connectivity index (χ3n) is 5.78. The molecule has 3 rings (SSSR count). The minimum absolute atomic E-state index is 0.0166. The van der Waals surface area contributed by atoms with Gasteiger partial charge in [-0.1, -0.05) is 24.3 Å². The summed E-state index contributed by atoms with van der Waals surface area (Å²) in [4.78, 5) is 29.7. The summed E-state index contributed by atoms with van der Waals surface area (Å²) in [6.07, 6.45) is 0. The van der Waals surface area contributed by atoms with Gasteiger partial charge in [0.2, 0.25) is 0 Å². The Morgan fingerprint density at radius 3 is 2.32 bits per heavy atom. The van der Waals surface area contributed by atoms with Gasteiger partial charge in [0.15, 0.2) is 0 Å². The van der Waals surface area contributed by atoms with E-state index in [1.54, 1.807) is 7.11 Å². The van der Waals surface area contributed by atoms with Crippen LogP contribution in [0.3, 0.4) is 0 Å². The third kappa shape index (κ3) is 6.06. The molecule has 0 bridgehead atoms. The first-order chi connectivity index (χ1) is 14.9. The number of anilines is 1. The molecule has 2 N–H and O–H groups in total. The van der Waals surface area contributed by atoms with E-state index in [1.807, 2.05) is 56.3 Å². The first-order valence-corrected chi connectivity index (χ1v) is 10.6. The lowest BCUT2D eigenvalue weighted by atomic mass is 10.0. The zero-order valence-corrected chi connectivity index (χ0v) is 18.8. The van der Waals surface area contributed by atoms with E-state index in [-0.39, 0.29) is 6.04 Å². The second-order valence-electron chi connectivity index (χ2n) is 8.11. The predicted octanol–water partition coefficient (Wildman–Crippen LogP) is 2.36. The second-order valence-corrected chi connectivity index (χ2v) is 8.11. The van der Waals surface area contributed by atoms with Gasteiger partial charge in [0, 0.05) is 38.4 Å². The van der Waals surface area contributed by atoms with E-state index >= 15 is 0 Å². The summed E-state index contributed by atoms with van der Waals surface area (Å²) in [7, 11) is 3.75. The van der Waals surface area contributed by atoms with Crippen LogP contribution in [0.25, 0.3) is 0 Å². The number of ether oxygens (including phenoxy) is 1. The molecule has 31 heavy (non-hydrogen) atoms. The van der Waals surface area contributed by atoms with Crippen molar-refractivity contribution in [2.45, 2.75) is 19.9 Å². The lowest BCUT2D eigenvalue weighted by molar-refractivity contribution is -0.136. The van der Waals surface area contributed by atoms with E-state index in [4.69, 9.17) is 4.74 Å². The second kappa shape index (κ2) is 10.4. The highest BCUT2D eigenvalue weighted by atomic mass is 16.5. The number of rotatable bonds is 6. The van der Waals surface area contributed by atoms with E-state index in [0.29, 0.717) is 12.2 Å². The number of benzene rings is 2. The Balaban J connectivity index is 1.67. The molecule has 0 radical (unpaired) electrons. The van der Waals surface area contributed by atoms with Gasteiger partial charge in [-0.15, -0.1) is 0 Å². The maximum atomic E-state index is 12.5. The van der Waals surface area contributed by atoms with Crippen molar-refractivity contribution >= 4 is 17.5 Å². The standard InChI is InChI=1S/C24H32N4O3/c1-17-5-6-18(2)21(15-17)26-24(30)23(29)25-16-22(28-13-11-27(3)12-14-28)19-7-9-20(31-4)10-8-19/h5-10,15,22H,11-14,16H2,1-4H3,(H,25,29)(H,26,30)/t22-/m0/s1. The molecule has 2 amide bonds. The number of nitrogens with zero attached hydrogens (tertiary/aromatic N) is 2. The van der Waals surface area contributed by atoms with Gasteiger partial charge in [-0.3, -0.25) is 14.5 Å². The number of piperazine rings is 1. The first kappa shape index (κ1) is 22.8. The molecule has 1 heterocycles. The molecule has 1 aliphatic heterocycles. The van der Waals surface area contributed by atoms with Gasteiger partial charge in [0.25, 0.3) is 0 Å². The average Bonchev–Trinajstić information content (AvgIpc) is 2.77. The molecule has 7 heteroatoms. The van der Waals surface area contributed by atoms with Crippen molar-refractivity contribution in [3.8, 4) is 5.75 Å². The number of amides is 2. The summed E-state index contributed by atoms with van der Waals surface area (Å²) >= 11 is 0. The van der Waals surface area contributed by atoms with Crippen LogP contribution < -0.4 is 15.4 Å². The highest BCUT2D eigenvalue weighted by molar-refractivity contribution is 6.39. The van der Waals surface area contributed by atoms with Gasteiger partial charge in [-0.25, -0.2) is 0 Å². The van der Waals surface area contributed by atoms with Gasteiger partial charge in [-0.2, -0.15) is 0 Å². The molecule has 0 unspecified atom stereocenters. The summed E-state index contributed by atoms with van der Waals surface area (Å²) in [6.45, 7) is 7.94. The number of carbonyl (C=O) groups is 2. The number of nitrogens with one attached hydrogen (secondary N) is 2. The molecular weight excluding hydrogens is 392 g/mol. The number of hydrogen-bond donors (Lipinski definition) is 2. The van der Waals surface area contributed by atoms with Crippen molar-refractivity contribution in [2.75, 3.05) is 52.2 Å². The molecule has 1 saturated heterocycles. The fourth-order valence-corrected chi connectivity index (χ4v) is 3.74. The summed E-state index contributed by atoms with van der Waals surface area (Å²) in [5.74, 6) is -0.494. The molecule has 1 atom stereocenters. The molecule has 2 aromatic rings. The van der Waals surface area contributed by atoms with Gasteiger partial charge >= 0.3 is 11.8 Å². The van der Waals surface area contributed by atoms with Gasteiger partial charge in [0.05, 0.1) is 13.2 Å². The number of methoxy groups -OCH3 is 1. The molecule has 7 nitrogen and oxygen atoms in total. The van der Waals surface area contributed by atoms with Crippen LogP contribution in [0.15, 0.2) is 42.5 Å². The Kier molecular flexibility index (Phi) is 7.65. The molecule has 1 fully saturated rings. The molecular formula is C24H32N4O3. The average molecular weight is 425 g/mol. The quantitative estimate of drug-likeness (QED) is 0.697. The van der Waals surface area contributed by atoms with E-state index < -0.39 is 11.8 Å².